The van der Waals surface area contributed by atoms with Crippen molar-refractivity contribution < 1.29 is 9.53 Å². The highest BCUT2D eigenvalue weighted by Gasteiger charge is 2.26. The second kappa shape index (κ2) is 7.44. The number of halogens is 1. The van der Waals surface area contributed by atoms with Crippen LogP contribution in [0, 0.1) is 0 Å². The van der Waals surface area contributed by atoms with Crippen molar-refractivity contribution in [3.05, 3.63) is 28.0 Å². The van der Waals surface area contributed by atoms with Gasteiger partial charge in [-0.2, -0.15) is 0 Å². The van der Waals surface area contributed by atoms with Crippen LogP contribution in [0.1, 0.15) is 65.6 Å². The molecule has 0 radical (unpaired) electrons. The lowest BCUT2D eigenvalue weighted by molar-refractivity contribution is 0.0168. The fourth-order valence-corrected chi connectivity index (χ4v) is 2.97. The summed E-state index contributed by atoms with van der Waals surface area (Å²) in [5.41, 5.74) is 1.54. The van der Waals surface area contributed by atoms with Gasteiger partial charge in [0.1, 0.15) is 5.60 Å². The lowest BCUT2D eigenvalue weighted by Crippen LogP contribution is -2.40. The second-order valence-corrected chi connectivity index (χ2v) is 7.86. The zero-order valence-electron chi connectivity index (χ0n) is 14.6. The highest BCUT2D eigenvalue weighted by atomic mass is 79.9. The van der Waals surface area contributed by atoms with Gasteiger partial charge in [0.15, 0.2) is 0 Å². The summed E-state index contributed by atoms with van der Waals surface area (Å²) in [6, 6.07) is 1.97. The van der Waals surface area contributed by atoms with E-state index in [4.69, 9.17) is 4.74 Å². The number of aromatic nitrogens is 1. The van der Waals surface area contributed by atoms with Crippen LogP contribution in [0.25, 0.3) is 0 Å². The third-order valence-corrected chi connectivity index (χ3v) is 3.86. The number of ether oxygens (including phenoxy) is 1. The van der Waals surface area contributed by atoms with Crippen LogP contribution < -0.4 is 0 Å². The first-order valence-corrected chi connectivity index (χ1v) is 8.45. The SMILES string of the molecule is CC(C)c1c(Br)ccnc1CN(C(=O)OC(C)(C)C)C(C)C. The van der Waals surface area contributed by atoms with E-state index in [1.807, 2.05) is 40.7 Å². The molecule has 0 aliphatic heterocycles. The number of pyridine rings is 1. The van der Waals surface area contributed by atoms with E-state index >= 15 is 0 Å². The normalized spacial score (nSPS) is 11.9. The molecule has 1 aromatic rings. The topological polar surface area (TPSA) is 42.4 Å². The summed E-state index contributed by atoms with van der Waals surface area (Å²) in [5, 5.41) is 0. The molecule has 124 valence electrons. The largest absolute Gasteiger partial charge is 0.444 e. The van der Waals surface area contributed by atoms with Gasteiger partial charge in [-0.25, -0.2) is 4.79 Å². The molecule has 22 heavy (non-hydrogen) atoms. The first-order valence-electron chi connectivity index (χ1n) is 7.65. The summed E-state index contributed by atoms with van der Waals surface area (Å²) >= 11 is 3.59. The van der Waals surface area contributed by atoms with Crippen LogP contribution in [-0.4, -0.2) is 27.6 Å². The van der Waals surface area contributed by atoms with Crippen molar-refractivity contribution in [3.63, 3.8) is 0 Å². The number of carbonyl (C=O) groups is 1. The Bertz CT molecular complexity index is 522. The van der Waals surface area contributed by atoms with Gasteiger partial charge in [0, 0.05) is 16.7 Å². The van der Waals surface area contributed by atoms with Crippen molar-refractivity contribution in [2.24, 2.45) is 0 Å². The molecule has 0 aliphatic rings. The molecule has 0 aliphatic carbocycles. The molecule has 5 heteroatoms. The Balaban J connectivity index is 3.07. The van der Waals surface area contributed by atoms with Crippen LogP contribution in [0.3, 0.4) is 0 Å². The van der Waals surface area contributed by atoms with Gasteiger partial charge in [-0.05, 0) is 52.2 Å². The predicted molar refractivity (Wildman–Crippen MR) is 92.9 cm³/mol. The maximum atomic E-state index is 12.4. The Kier molecular flexibility index (Phi) is 6.41. The summed E-state index contributed by atoms with van der Waals surface area (Å²) < 4.78 is 6.54. The van der Waals surface area contributed by atoms with Crippen LogP contribution in [0.5, 0.6) is 0 Å². The average Bonchev–Trinajstić information content (AvgIpc) is 2.32. The molecule has 0 spiro atoms. The number of amides is 1. The third kappa shape index (κ3) is 5.27. The van der Waals surface area contributed by atoms with Crippen molar-refractivity contribution in [2.75, 3.05) is 0 Å². The maximum absolute atomic E-state index is 12.4. The maximum Gasteiger partial charge on any atom is 0.410 e. The molecule has 0 unspecified atom stereocenters. The molecule has 0 aromatic carbocycles. The van der Waals surface area contributed by atoms with E-state index in [2.05, 4.69) is 34.8 Å². The van der Waals surface area contributed by atoms with Gasteiger partial charge in [0.25, 0.3) is 0 Å². The molecule has 0 bridgehead atoms. The molecule has 0 atom stereocenters. The van der Waals surface area contributed by atoms with Gasteiger partial charge in [0.2, 0.25) is 0 Å². The van der Waals surface area contributed by atoms with Crippen LogP contribution in [0.2, 0.25) is 0 Å². The van der Waals surface area contributed by atoms with E-state index in [0.717, 1.165) is 15.7 Å². The minimum absolute atomic E-state index is 0.0376. The summed E-state index contributed by atoms with van der Waals surface area (Å²) in [7, 11) is 0. The molecule has 0 fully saturated rings. The van der Waals surface area contributed by atoms with Gasteiger partial charge in [-0.1, -0.05) is 29.8 Å². The van der Waals surface area contributed by atoms with E-state index < -0.39 is 5.60 Å². The third-order valence-electron chi connectivity index (χ3n) is 3.17. The van der Waals surface area contributed by atoms with E-state index in [-0.39, 0.29) is 12.1 Å². The van der Waals surface area contributed by atoms with Crippen molar-refractivity contribution in [3.8, 4) is 0 Å². The fourth-order valence-electron chi connectivity index (χ4n) is 2.16. The van der Waals surface area contributed by atoms with Crippen LogP contribution in [0.4, 0.5) is 4.79 Å². The smallest absolute Gasteiger partial charge is 0.410 e. The lowest BCUT2D eigenvalue weighted by atomic mass is 10.0. The van der Waals surface area contributed by atoms with E-state index in [1.54, 1.807) is 11.1 Å². The van der Waals surface area contributed by atoms with Crippen molar-refractivity contribution in [1.29, 1.82) is 0 Å². The summed E-state index contributed by atoms with van der Waals surface area (Å²) in [4.78, 5) is 18.6. The first-order chi connectivity index (χ1) is 10.0. The van der Waals surface area contributed by atoms with Gasteiger partial charge in [-0.3, -0.25) is 9.88 Å². The van der Waals surface area contributed by atoms with Crippen LogP contribution in [-0.2, 0) is 11.3 Å². The Morgan fingerprint density at radius 1 is 1.32 bits per heavy atom. The molecule has 1 rings (SSSR count). The Labute approximate surface area is 142 Å². The zero-order valence-corrected chi connectivity index (χ0v) is 16.2. The number of hydrogen-bond acceptors (Lipinski definition) is 3. The lowest BCUT2D eigenvalue weighted by Gasteiger charge is -2.30. The highest BCUT2D eigenvalue weighted by molar-refractivity contribution is 9.10. The first kappa shape index (κ1) is 18.9. The number of rotatable bonds is 4. The predicted octanol–water partition coefficient (Wildman–Crippen LogP) is 5.11. The van der Waals surface area contributed by atoms with E-state index in [0.29, 0.717) is 12.5 Å². The van der Waals surface area contributed by atoms with E-state index in [1.165, 1.54) is 0 Å². The molecule has 1 amide bonds. The highest BCUT2D eigenvalue weighted by Crippen LogP contribution is 2.28. The fraction of sp³-hybridized carbons (Fsp3) is 0.647. The molecule has 1 aromatic heterocycles. The molecule has 0 saturated heterocycles. The monoisotopic (exact) mass is 370 g/mol. The van der Waals surface area contributed by atoms with E-state index in [9.17, 15) is 4.79 Å². The van der Waals surface area contributed by atoms with Crippen molar-refractivity contribution in [2.45, 2.75) is 72.6 Å². The number of nitrogens with zero attached hydrogens (tertiary/aromatic N) is 2. The Morgan fingerprint density at radius 2 is 1.91 bits per heavy atom. The number of carbonyl (C=O) groups excluding carboxylic acids is 1. The molecular formula is C17H27BrN2O2. The molecule has 0 saturated carbocycles. The van der Waals surface area contributed by atoms with Gasteiger partial charge in [0.05, 0.1) is 12.2 Å². The average molecular weight is 371 g/mol. The Hall–Kier alpha value is -1.10. The quantitative estimate of drug-likeness (QED) is 0.738. The minimum atomic E-state index is -0.504. The van der Waals surface area contributed by atoms with Crippen molar-refractivity contribution in [1.82, 2.24) is 9.88 Å². The van der Waals surface area contributed by atoms with Crippen molar-refractivity contribution >= 4 is 22.0 Å². The second-order valence-electron chi connectivity index (χ2n) is 7.01. The summed E-state index contributed by atoms with van der Waals surface area (Å²) in [6.07, 6.45) is 1.46. The standard InChI is InChI=1S/C17H27BrN2O2/c1-11(2)15-13(18)8-9-19-14(15)10-20(12(3)4)16(21)22-17(5,6)7/h8-9,11-12H,10H2,1-7H3. The van der Waals surface area contributed by atoms with Gasteiger partial charge in [-0.15, -0.1) is 0 Å². The van der Waals surface area contributed by atoms with Gasteiger partial charge >= 0.3 is 6.09 Å². The summed E-state index contributed by atoms with van der Waals surface area (Å²) in [6.45, 7) is 14.3. The van der Waals surface area contributed by atoms with Gasteiger partial charge < -0.3 is 4.74 Å². The number of hydrogen-bond donors (Lipinski definition) is 0. The Morgan fingerprint density at radius 3 is 2.36 bits per heavy atom. The molecule has 1 heterocycles. The summed E-state index contributed by atoms with van der Waals surface area (Å²) in [5.74, 6) is 0.325. The van der Waals surface area contributed by atoms with Crippen LogP contribution >= 0.6 is 15.9 Å². The molecule has 4 nitrogen and oxygen atoms in total. The van der Waals surface area contributed by atoms with Crippen LogP contribution in [0.15, 0.2) is 16.7 Å². The molecule has 0 N–H and O–H groups in total. The molecular weight excluding hydrogens is 344 g/mol. The zero-order chi connectivity index (χ0) is 17.1. The minimum Gasteiger partial charge on any atom is -0.444 e.